The fourth-order valence-electron chi connectivity index (χ4n) is 2.79. The Hall–Kier alpha value is -1.46. The maximum atomic E-state index is 12.3. The van der Waals surface area contributed by atoms with E-state index in [-0.39, 0.29) is 23.6 Å². The summed E-state index contributed by atoms with van der Waals surface area (Å²) in [5, 5.41) is 2.98. The zero-order valence-corrected chi connectivity index (χ0v) is 15.7. The topological polar surface area (TPSA) is 61.9 Å². The number of nitrogens with zero attached hydrogens (tertiary/aromatic N) is 2. The van der Waals surface area contributed by atoms with E-state index in [1.54, 1.807) is 11.9 Å². The van der Waals surface area contributed by atoms with E-state index in [0.29, 0.717) is 13.1 Å². The summed E-state index contributed by atoms with van der Waals surface area (Å²) in [6, 6.07) is -0.0146. The van der Waals surface area contributed by atoms with E-state index in [1.165, 1.54) is 0 Å². The largest absolute Gasteiger partial charge is 0.444 e. The molecule has 1 saturated heterocycles. The Balaban J connectivity index is 2.38. The molecule has 0 aromatic heterocycles. The second-order valence-electron chi connectivity index (χ2n) is 8.22. The molecule has 3 amide bonds. The second-order valence-corrected chi connectivity index (χ2v) is 8.22. The summed E-state index contributed by atoms with van der Waals surface area (Å²) >= 11 is 0. The van der Waals surface area contributed by atoms with Crippen LogP contribution in [0.4, 0.5) is 9.59 Å². The number of likely N-dealkylation sites (tertiary alicyclic amines) is 1. The second kappa shape index (κ2) is 7.41. The standard InChI is InChI=1S/C17H33N3O3/c1-13(12-19(7)15(22)23-16(2,3)4)11-18-14(21)20-10-8-9-17(20,5)6/h13H,8-12H2,1-7H3,(H,18,21)/t13-/m0/s1. The first-order valence-corrected chi connectivity index (χ1v) is 8.42. The smallest absolute Gasteiger partial charge is 0.410 e. The Labute approximate surface area is 140 Å². The maximum Gasteiger partial charge on any atom is 0.410 e. The lowest BCUT2D eigenvalue weighted by atomic mass is 10.0. The van der Waals surface area contributed by atoms with Gasteiger partial charge in [-0.05, 0) is 53.4 Å². The number of rotatable bonds is 4. The number of urea groups is 1. The van der Waals surface area contributed by atoms with Crippen LogP contribution in [0.1, 0.15) is 54.4 Å². The number of amides is 3. The fourth-order valence-corrected chi connectivity index (χ4v) is 2.79. The van der Waals surface area contributed by atoms with Gasteiger partial charge >= 0.3 is 12.1 Å². The number of carbonyl (C=O) groups is 2. The van der Waals surface area contributed by atoms with Crippen LogP contribution >= 0.6 is 0 Å². The zero-order chi connectivity index (χ0) is 17.8. The van der Waals surface area contributed by atoms with Crippen molar-refractivity contribution in [1.82, 2.24) is 15.1 Å². The molecular weight excluding hydrogens is 294 g/mol. The molecule has 0 bridgehead atoms. The molecule has 0 spiro atoms. The lowest BCUT2D eigenvalue weighted by Gasteiger charge is -2.32. The van der Waals surface area contributed by atoms with E-state index in [1.807, 2.05) is 32.6 Å². The normalized spacial score (nSPS) is 18.5. The van der Waals surface area contributed by atoms with Gasteiger partial charge in [-0.25, -0.2) is 9.59 Å². The summed E-state index contributed by atoms with van der Waals surface area (Å²) in [4.78, 5) is 27.7. The van der Waals surface area contributed by atoms with Crippen LogP contribution in [0, 0.1) is 5.92 Å². The molecule has 1 N–H and O–H groups in total. The van der Waals surface area contributed by atoms with Crippen LogP contribution in [0.15, 0.2) is 0 Å². The van der Waals surface area contributed by atoms with E-state index in [9.17, 15) is 9.59 Å². The monoisotopic (exact) mass is 327 g/mol. The number of hydrogen-bond acceptors (Lipinski definition) is 3. The molecule has 0 saturated carbocycles. The van der Waals surface area contributed by atoms with Crippen molar-refractivity contribution >= 4 is 12.1 Å². The Morgan fingerprint density at radius 1 is 1.35 bits per heavy atom. The first kappa shape index (κ1) is 19.6. The van der Waals surface area contributed by atoms with Crippen molar-refractivity contribution in [3.05, 3.63) is 0 Å². The van der Waals surface area contributed by atoms with Crippen molar-refractivity contribution in [2.45, 2.75) is 65.5 Å². The summed E-state index contributed by atoms with van der Waals surface area (Å²) in [5.74, 6) is 0.155. The van der Waals surface area contributed by atoms with Crippen molar-refractivity contribution < 1.29 is 14.3 Å². The average molecular weight is 327 g/mol. The number of carbonyl (C=O) groups excluding carboxylic acids is 2. The molecule has 1 rings (SSSR count). The summed E-state index contributed by atoms with van der Waals surface area (Å²) < 4.78 is 5.33. The van der Waals surface area contributed by atoms with E-state index >= 15 is 0 Å². The summed E-state index contributed by atoms with van der Waals surface area (Å²) in [7, 11) is 1.72. The van der Waals surface area contributed by atoms with Gasteiger partial charge in [-0.1, -0.05) is 6.92 Å². The van der Waals surface area contributed by atoms with Crippen molar-refractivity contribution in [2.75, 3.05) is 26.7 Å². The first-order chi connectivity index (χ1) is 10.4. The molecule has 0 radical (unpaired) electrons. The van der Waals surface area contributed by atoms with E-state index in [2.05, 4.69) is 19.2 Å². The molecule has 1 atom stereocenters. The van der Waals surface area contributed by atoms with Crippen LogP contribution in [0.2, 0.25) is 0 Å². The summed E-state index contributed by atoms with van der Waals surface area (Å²) in [6.45, 7) is 13.6. The highest BCUT2D eigenvalue weighted by Gasteiger charge is 2.35. The fraction of sp³-hybridized carbons (Fsp3) is 0.882. The third-order valence-corrected chi connectivity index (χ3v) is 4.04. The first-order valence-electron chi connectivity index (χ1n) is 8.42. The maximum absolute atomic E-state index is 12.3. The lowest BCUT2D eigenvalue weighted by Crippen LogP contribution is -2.49. The molecule has 0 aromatic rings. The van der Waals surface area contributed by atoms with Crippen molar-refractivity contribution in [2.24, 2.45) is 5.92 Å². The molecule has 1 aliphatic heterocycles. The van der Waals surface area contributed by atoms with Gasteiger partial charge < -0.3 is 19.9 Å². The van der Waals surface area contributed by atoms with Crippen LogP contribution in [0.3, 0.4) is 0 Å². The van der Waals surface area contributed by atoms with Crippen LogP contribution < -0.4 is 5.32 Å². The quantitative estimate of drug-likeness (QED) is 0.863. The Kier molecular flexibility index (Phi) is 6.31. The molecular formula is C17H33N3O3. The predicted octanol–water partition coefficient (Wildman–Crippen LogP) is 3.07. The summed E-state index contributed by atoms with van der Waals surface area (Å²) in [6.07, 6.45) is 1.76. The highest BCUT2D eigenvalue weighted by Crippen LogP contribution is 2.27. The minimum Gasteiger partial charge on any atom is -0.444 e. The zero-order valence-electron chi connectivity index (χ0n) is 15.7. The lowest BCUT2D eigenvalue weighted by molar-refractivity contribution is 0.0277. The van der Waals surface area contributed by atoms with Crippen LogP contribution in [-0.2, 0) is 4.74 Å². The average Bonchev–Trinajstić information content (AvgIpc) is 2.73. The number of hydrogen-bond donors (Lipinski definition) is 1. The Bertz CT molecular complexity index is 429. The predicted molar refractivity (Wildman–Crippen MR) is 91.4 cm³/mol. The molecule has 1 aliphatic rings. The highest BCUT2D eigenvalue weighted by atomic mass is 16.6. The molecule has 23 heavy (non-hydrogen) atoms. The third-order valence-electron chi connectivity index (χ3n) is 4.04. The van der Waals surface area contributed by atoms with Gasteiger partial charge in [0.05, 0.1) is 0 Å². The molecule has 0 aromatic carbocycles. The van der Waals surface area contributed by atoms with E-state index in [0.717, 1.165) is 19.4 Å². The molecule has 1 heterocycles. The van der Waals surface area contributed by atoms with Gasteiger partial charge in [-0.2, -0.15) is 0 Å². The Morgan fingerprint density at radius 3 is 2.43 bits per heavy atom. The van der Waals surface area contributed by atoms with Crippen LogP contribution in [0.5, 0.6) is 0 Å². The van der Waals surface area contributed by atoms with E-state index in [4.69, 9.17) is 4.74 Å². The Morgan fingerprint density at radius 2 is 1.96 bits per heavy atom. The van der Waals surface area contributed by atoms with Gasteiger partial charge in [0.15, 0.2) is 0 Å². The van der Waals surface area contributed by atoms with Gasteiger partial charge in [-0.15, -0.1) is 0 Å². The SMILES string of the molecule is C[C@@H](CNC(=O)N1CCCC1(C)C)CN(C)C(=O)OC(C)(C)C. The van der Waals surface area contributed by atoms with Crippen LogP contribution in [0.25, 0.3) is 0 Å². The molecule has 0 unspecified atom stereocenters. The van der Waals surface area contributed by atoms with Gasteiger partial charge in [0.1, 0.15) is 5.60 Å². The van der Waals surface area contributed by atoms with Crippen molar-refractivity contribution in [1.29, 1.82) is 0 Å². The molecule has 134 valence electrons. The molecule has 0 aliphatic carbocycles. The highest BCUT2D eigenvalue weighted by molar-refractivity contribution is 5.75. The van der Waals surface area contributed by atoms with E-state index < -0.39 is 5.60 Å². The van der Waals surface area contributed by atoms with Gasteiger partial charge in [0.25, 0.3) is 0 Å². The van der Waals surface area contributed by atoms with Gasteiger partial charge in [0.2, 0.25) is 0 Å². The minimum absolute atomic E-state index is 0.0146. The summed E-state index contributed by atoms with van der Waals surface area (Å²) in [5.41, 5.74) is -0.565. The number of ether oxygens (including phenoxy) is 1. The molecule has 1 fully saturated rings. The number of nitrogens with one attached hydrogen (secondary N) is 1. The van der Waals surface area contributed by atoms with Crippen molar-refractivity contribution in [3.8, 4) is 0 Å². The van der Waals surface area contributed by atoms with Gasteiger partial charge in [0, 0.05) is 32.2 Å². The van der Waals surface area contributed by atoms with Gasteiger partial charge in [-0.3, -0.25) is 0 Å². The molecule has 6 nitrogen and oxygen atoms in total. The molecule has 6 heteroatoms. The van der Waals surface area contributed by atoms with Crippen molar-refractivity contribution in [3.63, 3.8) is 0 Å². The van der Waals surface area contributed by atoms with Crippen LogP contribution in [-0.4, -0.2) is 59.7 Å². The minimum atomic E-state index is -0.496. The third kappa shape index (κ3) is 6.28.